The Morgan fingerprint density at radius 1 is 0.683 bits per heavy atom. The van der Waals surface area contributed by atoms with Crippen molar-refractivity contribution in [3.05, 3.63) is 120 Å². The van der Waals surface area contributed by atoms with Gasteiger partial charge in [-0.1, -0.05) is 49.6 Å². The van der Waals surface area contributed by atoms with Crippen molar-refractivity contribution < 1.29 is 38.1 Å². The van der Waals surface area contributed by atoms with Gasteiger partial charge in [-0.2, -0.15) is 0 Å². The lowest BCUT2D eigenvalue weighted by Crippen LogP contribution is -2.14. The van der Waals surface area contributed by atoms with Gasteiger partial charge in [0.05, 0.1) is 24.3 Å². The summed E-state index contributed by atoms with van der Waals surface area (Å²) in [5.41, 5.74) is 2.97. The van der Waals surface area contributed by atoms with Crippen molar-refractivity contribution in [2.75, 3.05) is 13.2 Å². The van der Waals surface area contributed by atoms with E-state index in [4.69, 9.17) is 18.9 Å². The first-order valence-electron chi connectivity index (χ1n) is 13.1. The highest BCUT2D eigenvalue weighted by molar-refractivity contribution is 5.93. The Labute approximate surface area is 239 Å². The Morgan fingerprint density at radius 2 is 1.17 bits per heavy atom. The third-order valence-corrected chi connectivity index (χ3v) is 6.04. The molecule has 0 saturated carbocycles. The molecule has 0 aliphatic carbocycles. The van der Waals surface area contributed by atoms with Crippen LogP contribution < -0.4 is 9.47 Å². The second kappa shape index (κ2) is 15.6. The van der Waals surface area contributed by atoms with Crippen LogP contribution in [0.3, 0.4) is 0 Å². The first kappa shape index (κ1) is 30.6. The van der Waals surface area contributed by atoms with Crippen LogP contribution in [0.5, 0.6) is 11.5 Å². The first-order chi connectivity index (χ1) is 19.8. The minimum absolute atomic E-state index is 0.211. The molecule has 41 heavy (non-hydrogen) atoms. The average Bonchev–Trinajstić information content (AvgIpc) is 2.98. The topological polar surface area (TPSA) is 105 Å². The fourth-order valence-electron chi connectivity index (χ4n) is 3.98. The molecular weight excluding hydrogens is 524 g/mol. The Kier molecular flexibility index (Phi) is 11.6. The number of aryl methyl sites for hydroxylation is 3. The molecule has 0 aliphatic heterocycles. The molecule has 0 N–H and O–H groups in total. The van der Waals surface area contributed by atoms with Crippen LogP contribution in [0.4, 0.5) is 0 Å². The lowest BCUT2D eigenvalue weighted by Gasteiger charge is -2.13. The SMILES string of the molecule is C=CC(=O)OCCCc1ccccc1C(=O)Oc1ccc(OC(=O)c2ccccc2CCCOC(=O)C=C)c(C)c1. The average molecular weight is 557 g/mol. The Morgan fingerprint density at radius 3 is 1.66 bits per heavy atom. The van der Waals surface area contributed by atoms with Gasteiger partial charge in [0, 0.05) is 12.2 Å². The fraction of sp³-hybridized carbons (Fsp3) is 0.212. The minimum Gasteiger partial charge on any atom is -0.463 e. The summed E-state index contributed by atoms with van der Waals surface area (Å²) in [6.07, 6.45) is 4.32. The number of carbonyl (C=O) groups is 4. The van der Waals surface area contributed by atoms with Gasteiger partial charge in [-0.15, -0.1) is 0 Å². The third kappa shape index (κ3) is 9.32. The van der Waals surface area contributed by atoms with E-state index in [2.05, 4.69) is 13.2 Å². The molecule has 0 heterocycles. The van der Waals surface area contributed by atoms with E-state index in [0.717, 1.165) is 23.3 Å². The lowest BCUT2D eigenvalue weighted by atomic mass is 10.0. The quantitative estimate of drug-likeness (QED) is 0.107. The van der Waals surface area contributed by atoms with Crippen molar-refractivity contribution in [2.45, 2.75) is 32.6 Å². The monoisotopic (exact) mass is 556 g/mol. The highest BCUT2D eigenvalue weighted by Gasteiger charge is 2.17. The van der Waals surface area contributed by atoms with Crippen LogP contribution in [0, 0.1) is 6.92 Å². The van der Waals surface area contributed by atoms with Crippen LogP contribution in [-0.4, -0.2) is 37.1 Å². The molecule has 3 rings (SSSR count). The van der Waals surface area contributed by atoms with Crippen LogP contribution in [0.15, 0.2) is 92.0 Å². The van der Waals surface area contributed by atoms with E-state index >= 15 is 0 Å². The van der Waals surface area contributed by atoms with Crippen molar-refractivity contribution >= 4 is 23.9 Å². The molecule has 0 bridgehead atoms. The van der Waals surface area contributed by atoms with Gasteiger partial charge in [0.15, 0.2) is 0 Å². The van der Waals surface area contributed by atoms with Gasteiger partial charge >= 0.3 is 23.9 Å². The van der Waals surface area contributed by atoms with Crippen LogP contribution in [0.25, 0.3) is 0 Å². The van der Waals surface area contributed by atoms with Crippen molar-refractivity contribution in [2.24, 2.45) is 0 Å². The predicted molar refractivity (Wildman–Crippen MR) is 153 cm³/mol. The Hall–Kier alpha value is -4.98. The molecule has 212 valence electrons. The maximum atomic E-state index is 13.0. The van der Waals surface area contributed by atoms with E-state index < -0.39 is 23.9 Å². The predicted octanol–water partition coefficient (Wildman–Crippen LogP) is 5.76. The Bertz CT molecular complexity index is 1420. The highest BCUT2D eigenvalue weighted by Crippen LogP contribution is 2.26. The zero-order chi connectivity index (χ0) is 29.6. The number of rotatable bonds is 14. The van der Waals surface area contributed by atoms with Gasteiger partial charge in [-0.3, -0.25) is 0 Å². The second-order valence-corrected chi connectivity index (χ2v) is 8.97. The molecule has 0 amide bonds. The summed E-state index contributed by atoms with van der Waals surface area (Å²) >= 11 is 0. The van der Waals surface area contributed by atoms with Gasteiger partial charge in [-0.05, 0) is 79.6 Å². The van der Waals surface area contributed by atoms with Gasteiger partial charge in [0.2, 0.25) is 0 Å². The van der Waals surface area contributed by atoms with Crippen molar-refractivity contribution in [1.82, 2.24) is 0 Å². The molecule has 0 radical (unpaired) electrons. The molecule has 0 unspecified atom stereocenters. The summed E-state index contributed by atoms with van der Waals surface area (Å²) < 4.78 is 21.3. The maximum Gasteiger partial charge on any atom is 0.343 e. The molecule has 3 aromatic rings. The van der Waals surface area contributed by atoms with Gasteiger partial charge < -0.3 is 18.9 Å². The van der Waals surface area contributed by atoms with Crippen LogP contribution in [0.1, 0.15) is 50.2 Å². The lowest BCUT2D eigenvalue weighted by molar-refractivity contribution is -0.138. The summed E-state index contributed by atoms with van der Waals surface area (Å²) in [5, 5.41) is 0. The smallest absolute Gasteiger partial charge is 0.343 e. The van der Waals surface area contributed by atoms with Gasteiger partial charge in [0.1, 0.15) is 11.5 Å². The van der Waals surface area contributed by atoms with Gasteiger partial charge in [0.25, 0.3) is 0 Å². The number of hydrogen-bond acceptors (Lipinski definition) is 8. The van der Waals surface area contributed by atoms with E-state index in [0.29, 0.717) is 53.9 Å². The van der Waals surface area contributed by atoms with E-state index in [-0.39, 0.29) is 13.2 Å². The minimum atomic E-state index is -0.527. The molecule has 0 fully saturated rings. The third-order valence-electron chi connectivity index (χ3n) is 6.04. The van der Waals surface area contributed by atoms with Crippen LogP contribution in [0.2, 0.25) is 0 Å². The number of esters is 4. The van der Waals surface area contributed by atoms with E-state index in [1.54, 1.807) is 49.4 Å². The largest absolute Gasteiger partial charge is 0.463 e. The van der Waals surface area contributed by atoms with Crippen molar-refractivity contribution in [1.29, 1.82) is 0 Å². The number of ether oxygens (including phenoxy) is 4. The zero-order valence-electron chi connectivity index (χ0n) is 22.9. The normalized spacial score (nSPS) is 10.3. The van der Waals surface area contributed by atoms with E-state index in [1.807, 2.05) is 24.3 Å². The van der Waals surface area contributed by atoms with Gasteiger partial charge in [-0.25, -0.2) is 19.2 Å². The second-order valence-electron chi connectivity index (χ2n) is 8.97. The van der Waals surface area contributed by atoms with E-state index in [9.17, 15) is 19.2 Å². The summed E-state index contributed by atoms with van der Waals surface area (Å²) in [6.45, 7) is 8.90. The zero-order valence-corrected chi connectivity index (χ0v) is 22.9. The molecule has 0 spiro atoms. The number of benzene rings is 3. The summed E-state index contributed by atoms with van der Waals surface area (Å²) in [7, 11) is 0. The summed E-state index contributed by atoms with van der Waals surface area (Å²) in [6, 6.07) is 18.9. The first-order valence-corrected chi connectivity index (χ1v) is 13.1. The molecule has 8 heteroatoms. The highest BCUT2D eigenvalue weighted by atomic mass is 16.5. The molecule has 3 aromatic carbocycles. The van der Waals surface area contributed by atoms with Crippen LogP contribution >= 0.6 is 0 Å². The fourth-order valence-corrected chi connectivity index (χ4v) is 3.98. The molecule has 0 aliphatic rings. The summed E-state index contributed by atoms with van der Waals surface area (Å²) in [4.78, 5) is 48.4. The molecule has 0 saturated heterocycles. The van der Waals surface area contributed by atoms with Crippen molar-refractivity contribution in [3.63, 3.8) is 0 Å². The Balaban J connectivity index is 1.62. The maximum absolute atomic E-state index is 13.0. The standard InChI is InChI=1S/C33H32O8/c1-4-30(34)38-20-10-14-24-12-6-8-16-27(24)32(36)40-26-18-19-29(23(3)22-26)41-33(37)28-17-9-7-13-25(28)15-11-21-39-31(35)5-2/h4-9,12-13,16-19,22H,1-2,10-11,14-15,20-21H2,3H3. The van der Waals surface area contributed by atoms with E-state index in [1.165, 1.54) is 0 Å². The molecular formula is C33H32O8. The molecule has 0 aromatic heterocycles. The molecule has 8 nitrogen and oxygen atoms in total. The number of carbonyl (C=O) groups excluding carboxylic acids is 4. The molecule has 0 atom stereocenters. The van der Waals surface area contributed by atoms with Crippen molar-refractivity contribution in [3.8, 4) is 11.5 Å². The summed E-state index contributed by atoms with van der Waals surface area (Å²) in [5.74, 6) is -1.40. The number of hydrogen-bond donors (Lipinski definition) is 0. The van der Waals surface area contributed by atoms with Crippen LogP contribution in [-0.2, 0) is 31.9 Å².